The molecule has 31 heavy (non-hydrogen) atoms. The minimum Gasteiger partial charge on any atom is -0.389 e. The summed E-state index contributed by atoms with van der Waals surface area (Å²) in [4.78, 5) is 41.8. The largest absolute Gasteiger partial charge is 0.389 e. The number of nitrogens with zero attached hydrogens (tertiary/aromatic N) is 2. The Labute approximate surface area is 185 Å². The monoisotopic (exact) mass is 438 g/mol. The molecule has 2 aliphatic rings. The molecule has 0 radical (unpaired) electrons. The highest BCUT2D eigenvalue weighted by atomic mass is 16.5. The molecule has 0 aromatic rings. The fourth-order valence-electron chi connectivity index (χ4n) is 4.17. The van der Waals surface area contributed by atoms with Crippen molar-refractivity contribution in [1.82, 2.24) is 9.80 Å². The summed E-state index contributed by atoms with van der Waals surface area (Å²) in [5, 5.41) is 10.3. The third-order valence-corrected chi connectivity index (χ3v) is 5.68. The number of aliphatic hydroxyl groups excluding tert-OH is 1. The second-order valence-electron chi connectivity index (χ2n) is 9.21. The molecule has 176 valence electrons. The van der Waals surface area contributed by atoms with E-state index in [9.17, 15) is 19.5 Å². The summed E-state index contributed by atoms with van der Waals surface area (Å²) in [6, 6.07) is -0.844. The molecule has 0 aromatic carbocycles. The van der Waals surface area contributed by atoms with Gasteiger partial charge in [0.2, 0.25) is 17.7 Å². The van der Waals surface area contributed by atoms with E-state index in [2.05, 4.69) is 0 Å². The molecular formula is C23H38N2O6. The fraction of sp³-hybridized carbons (Fsp3) is 0.783. The number of carbonyl (C=O) groups excluding carboxylic acids is 3. The number of ether oxygens (including phenoxy) is 2. The predicted molar refractivity (Wildman–Crippen MR) is 116 cm³/mol. The van der Waals surface area contributed by atoms with Crippen LogP contribution in [0.3, 0.4) is 0 Å². The van der Waals surface area contributed by atoms with Crippen molar-refractivity contribution in [2.24, 2.45) is 17.8 Å². The third kappa shape index (κ3) is 6.85. The molecule has 0 aromatic heterocycles. The number of imide groups is 1. The number of amides is 3. The van der Waals surface area contributed by atoms with Gasteiger partial charge in [0, 0.05) is 13.6 Å². The molecule has 1 heterocycles. The topological polar surface area (TPSA) is 96.4 Å². The molecule has 0 spiro atoms. The summed E-state index contributed by atoms with van der Waals surface area (Å²) >= 11 is 0. The van der Waals surface area contributed by atoms with Gasteiger partial charge in [-0.05, 0) is 39.0 Å². The van der Waals surface area contributed by atoms with E-state index in [1.807, 2.05) is 39.8 Å². The second-order valence-corrected chi connectivity index (χ2v) is 9.21. The first kappa shape index (κ1) is 25.5. The Bertz CT molecular complexity index is 636. The third-order valence-electron chi connectivity index (χ3n) is 5.68. The van der Waals surface area contributed by atoms with Crippen LogP contribution in [0, 0.1) is 17.8 Å². The van der Waals surface area contributed by atoms with E-state index in [0.717, 1.165) is 0 Å². The SMILES string of the molecule is CC(C)C[C@H](C(=O)N(C)C[C@H](O)COCCOC(C)C)N1C(=O)[C@@H]2CC=CC[C@H]2C1=O. The summed E-state index contributed by atoms with van der Waals surface area (Å²) < 4.78 is 10.8. The smallest absolute Gasteiger partial charge is 0.245 e. The maximum Gasteiger partial charge on any atom is 0.245 e. The van der Waals surface area contributed by atoms with E-state index in [0.29, 0.717) is 32.5 Å². The zero-order chi connectivity index (χ0) is 23.1. The summed E-state index contributed by atoms with van der Waals surface area (Å²) in [7, 11) is 1.58. The van der Waals surface area contributed by atoms with Gasteiger partial charge in [0.1, 0.15) is 6.04 Å². The molecule has 8 nitrogen and oxygen atoms in total. The Morgan fingerprint density at radius 2 is 1.71 bits per heavy atom. The van der Waals surface area contributed by atoms with Crippen LogP contribution in [0.5, 0.6) is 0 Å². The molecule has 3 amide bonds. The highest BCUT2D eigenvalue weighted by Crippen LogP contribution is 2.37. The molecule has 1 N–H and O–H groups in total. The lowest BCUT2D eigenvalue weighted by molar-refractivity contribution is -0.152. The fourth-order valence-corrected chi connectivity index (χ4v) is 4.17. The van der Waals surface area contributed by atoms with Gasteiger partial charge in [0.15, 0.2) is 0 Å². The number of fused-ring (bicyclic) bond motifs is 1. The Morgan fingerprint density at radius 3 is 2.23 bits per heavy atom. The number of likely N-dealkylation sites (N-methyl/N-ethyl adjacent to an activating group) is 1. The lowest BCUT2D eigenvalue weighted by Gasteiger charge is -2.31. The van der Waals surface area contributed by atoms with Crippen LogP contribution < -0.4 is 0 Å². The van der Waals surface area contributed by atoms with E-state index >= 15 is 0 Å². The second kappa shape index (κ2) is 11.7. The summed E-state index contributed by atoms with van der Waals surface area (Å²) in [5.74, 6) is -1.43. The van der Waals surface area contributed by atoms with E-state index in [-0.39, 0.29) is 54.7 Å². The van der Waals surface area contributed by atoms with Gasteiger partial charge < -0.3 is 19.5 Å². The maximum absolute atomic E-state index is 13.2. The van der Waals surface area contributed by atoms with Crippen LogP contribution in [0.25, 0.3) is 0 Å². The normalized spacial score (nSPS) is 22.9. The Morgan fingerprint density at radius 1 is 1.13 bits per heavy atom. The zero-order valence-corrected chi connectivity index (χ0v) is 19.5. The molecule has 8 heteroatoms. The molecular weight excluding hydrogens is 400 g/mol. The first-order valence-electron chi connectivity index (χ1n) is 11.3. The zero-order valence-electron chi connectivity index (χ0n) is 19.5. The molecule has 1 aliphatic heterocycles. The Kier molecular flexibility index (Phi) is 9.65. The molecule has 0 bridgehead atoms. The molecule has 0 unspecified atom stereocenters. The Balaban J connectivity index is 1.97. The van der Waals surface area contributed by atoms with Crippen LogP contribution in [-0.4, -0.2) is 84.3 Å². The highest BCUT2D eigenvalue weighted by Gasteiger charge is 2.51. The van der Waals surface area contributed by atoms with Crippen LogP contribution in [0.15, 0.2) is 12.2 Å². The standard InChI is InChI=1S/C23H38N2O6/c1-15(2)12-20(25-21(27)18-8-6-7-9-19(18)22(25)28)23(29)24(5)13-17(26)14-30-10-11-31-16(3)4/h6-7,15-20,26H,8-14H2,1-5H3/t17-,18+,19+,20+/m0/s1. The van der Waals surface area contributed by atoms with Crippen molar-refractivity contribution in [3.63, 3.8) is 0 Å². The average Bonchev–Trinajstić information content (AvgIpc) is 2.95. The number of allylic oxidation sites excluding steroid dienone is 2. The van der Waals surface area contributed by atoms with Gasteiger partial charge in [-0.15, -0.1) is 0 Å². The van der Waals surface area contributed by atoms with E-state index in [1.54, 1.807) is 7.05 Å². The molecule has 1 aliphatic carbocycles. The van der Waals surface area contributed by atoms with Gasteiger partial charge in [-0.3, -0.25) is 19.3 Å². The lowest BCUT2D eigenvalue weighted by atomic mass is 9.85. The number of carbonyl (C=O) groups is 3. The first-order valence-corrected chi connectivity index (χ1v) is 11.3. The molecule has 4 atom stereocenters. The van der Waals surface area contributed by atoms with Crippen LogP contribution in [0.4, 0.5) is 0 Å². The number of likely N-dealkylation sites (tertiary alicyclic amines) is 1. The van der Waals surface area contributed by atoms with Gasteiger partial charge in [-0.25, -0.2) is 0 Å². The molecule has 1 fully saturated rings. The summed E-state index contributed by atoms with van der Waals surface area (Å²) in [6.07, 6.45) is 4.59. The number of aliphatic hydroxyl groups is 1. The Hall–Kier alpha value is -1.77. The van der Waals surface area contributed by atoms with Crippen molar-refractivity contribution in [3.8, 4) is 0 Å². The van der Waals surface area contributed by atoms with Gasteiger partial charge in [-0.2, -0.15) is 0 Å². The average molecular weight is 439 g/mol. The van der Waals surface area contributed by atoms with Crippen LogP contribution in [0.2, 0.25) is 0 Å². The van der Waals surface area contributed by atoms with Gasteiger partial charge >= 0.3 is 0 Å². The molecule has 2 rings (SSSR count). The maximum atomic E-state index is 13.2. The van der Waals surface area contributed by atoms with E-state index in [1.165, 1.54) is 9.80 Å². The van der Waals surface area contributed by atoms with Gasteiger partial charge in [0.05, 0.1) is 43.9 Å². The molecule has 1 saturated heterocycles. The van der Waals surface area contributed by atoms with Crippen molar-refractivity contribution in [1.29, 1.82) is 0 Å². The van der Waals surface area contributed by atoms with Crippen molar-refractivity contribution in [2.75, 3.05) is 33.4 Å². The van der Waals surface area contributed by atoms with Gasteiger partial charge in [-0.1, -0.05) is 26.0 Å². The number of rotatable bonds is 12. The van der Waals surface area contributed by atoms with Crippen molar-refractivity contribution in [3.05, 3.63) is 12.2 Å². The minimum absolute atomic E-state index is 0.0586. The van der Waals surface area contributed by atoms with Gasteiger partial charge in [0.25, 0.3) is 0 Å². The van der Waals surface area contributed by atoms with Crippen molar-refractivity contribution >= 4 is 17.7 Å². The highest BCUT2D eigenvalue weighted by molar-refractivity contribution is 6.08. The van der Waals surface area contributed by atoms with E-state index in [4.69, 9.17) is 9.47 Å². The van der Waals surface area contributed by atoms with Crippen molar-refractivity contribution < 1.29 is 29.0 Å². The number of hydrogen-bond donors (Lipinski definition) is 1. The van der Waals surface area contributed by atoms with E-state index < -0.39 is 12.1 Å². The predicted octanol–water partition coefficient (Wildman–Crippen LogP) is 1.61. The number of hydrogen-bond acceptors (Lipinski definition) is 6. The minimum atomic E-state index is -0.871. The van der Waals surface area contributed by atoms with Crippen LogP contribution in [-0.2, 0) is 23.9 Å². The van der Waals surface area contributed by atoms with Crippen molar-refractivity contribution in [2.45, 2.75) is 65.2 Å². The van der Waals surface area contributed by atoms with Crippen LogP contribution in [0.1, 0.15) is 47.0 Å². The quantitative estimate of drug-likeness (QED) is 0.283. The summed E-state index contributed by atoms with van der Waals surface area (Å²) in [6.45, 7) is 8.72. The lowest BCUT2D eigenvalue weighted by Crippen LogP contribution is -2.52. The van der Waals surface area contributed by atoms with Crippen LogP contribution >= 0.6 is 0 Å². The first-order chi connectivity index (χ1) is 14.6. The molecule has 0 saturated carbocycles. The summed E-state index contributed by atoms with van der Waals surface area (Å²) in [5.41, 5.74) is 0.